The number of hydrogen-bond acceptors (Lipinski definition) is 5. The van der Waals surface area contributed by atoms with Gasteiger partial charge in [0.1, 0.15) is 10.7 Å². The van der Waals surface area contributed by atoms with Crippen LogP contribution >= 0.6 is 22.4 Å². The average Bonchev–Trinajstić information content (AvgIpc) is 2.37. The number of rotatable bonds is 8. The van der Waals surface area contributed by atoms with Crippen LogP contribution in [0.4, 0.5) is 4.39 Å². The normalized spacial score (nSPS) is 12.3. The summed E-state index contributed by atoms with van der Waals surface area (Å²) in [7, 11) is -3.09. The minimum Gasteiger partial charge on any atom is -0.210 e. The minimum atomic E-state index is -4.11. The summed E-state index contributed by atoms with van der Waals surface area (Å²) < 4.78 is 61.8. The van der Waals surface area contributed by atoms with E-state index in [1.165, 1.54) is 11.8 Å². The lowest BCUT2D eigenvalue weighted by Gasteiger charge is -2.08. The van der Waals surface area contributed by atoms with Gasteiger partial charge in [0.25, 0.3) is 9.05 Å². The van der Waals surface area contributed by atoms with Crippen molar-refractivity contribution in [2.75, 3.05) is 18.1 Å². The fourth-order valence-corrected chi connectivity index (χ4v) is 3.90. The SMILES string of the molecule is C=CCSCCNS(=O)(=O)c1ccc(S(=O)(=O)Cl)cc1F. The quantitative estimate of drug-likeness (QED) is 0.428. The predicted octanol–water partition coefficient (Wildman–Crippen LogP) is 1.95. The molecule has 0 heterocycles. The topological polar surface area (TPSA) is 80.3 Å². The Bertz CT molecular complexity index is 719. The van der Waals surface area contributed by atoms with Gasteiger partial charge in [-0.25, -0.2) is 25.9 Å². The van der Waals surface area contributed by atoms with E-state index in [9.17, 15) is 21.2 Å². The Balaban J connectivity index is 2.87. The van der Waals surface area contributed by atoms with Gasteiger partial charge in [0.15, 0.2) is 0 Å². The molecule has 0 spiro atoms. The summed E-state index contributed by atoms with van der Waals surface area (Å²) >= 11 is 1.46. The highest BCUT2D eigenvalue weighted by Gasteiger charge is 2.21. The summed E-state index contributed by atoms with van der Waals surface area (Å²) in [5.74, 6) is 0.00213. The van der Waals surface area contributed by atoms with E-state index in [1.54, 1.807) is 6.08 Å². The molecule has 10 heteroatoms. The van der Waals surface area contributed by atoms with Crippen LogP contribution in [0.2, 0.25) is 0 Å². The molecule has 0 saturated carbocycles. The number of thioether (sulfide) groups is 1. The maximum atomic E-state index is 13.7. The van der Waals surface area contributed by atoms with Crippen LogP contribution in [0.5, 0.6) is 0 Å². The molecule has 0 radical (unpaired) electrons. The number of hydrogen-bond donors (Lipinski definition) is 1. The van der Waals surface area contributed by atoms with Gasteiger partial charge in [0, 0.05) is 28.7 Å². The Morgan fingerprint density at radius 1 is 1.33 bits per heavy atom. The zero-order valence-electron chi connectivity index (χ0n) is 10.8. The summed E-state index contributed by atoms with van der Waals surface area (Å²) in [6.07, 6.45) is 1.68. The molecule has 0 aliphatic carbocycles. The summed E-state index contributed by atoms with van der Waals surface area (Å²) in [6, 6.07) is 2.37. The van der Waals surface area contributed by atoms with Crippen molar-refractivity contribution in [2.45, 2.75) is 9.79 Å². The van der Waals surface area contributed by atoms with E-state index in [0.717, 1.165) is 12.1 Å². The van der Waals surface area contributed by atoms with Crippen molar-refractivity contribution in [1.29, 1.82) is 0 Å². The second kappa shape index (κ2) is 7.59. The number of nitrogens with one attached hydrogen (secondary N) is 1. The van der Waals surface area contributed by atoms with Crippen molar-refractivity contribution in [3.8, 4) is 0 Å². The van der Waals surface area contributed by atoms with Gasteiger partial charge in [0.05, 0.1) is 4.90 Å². The van der Waals surface area contributed by atoms with Gasteiger partial charge in [-0.05, 0) is 18.2 Å². The Kier molecular flexibility index (Phi) is 6.67. The van der Waals surface area contributed by atoms with Crippen molar-refractivity contribution in [1.82, 2.24) is 4.72 Å². The van der Waals surface area contributed by atoms with Crippen LogP contribution in [0.25, 0.3) is 0 Å². The lowest BCUT2D eigenvalue weighted by molar-refractivity contribution is 0.555. The van der Waals surface area contributed by atoms with Crippen molar-refractivity contribution >= 4 is 41.5 Å². The molecular formula is C11H13ClFNO4S3. The third-order valence-corrected chi connectivity index (χ3v) is 6.06. The molecule has 118 valence electrons. The number of sulfonamides is 1. The molecule has 0 atom stereocenters. The lowest BCUT2D eigenvalue weighted by Crippen LogP contribution is -2.27. The van der Waals surface area contributed by atoms with Crippen LogP contribution in [0.1, 0.15) is 0 Å². The summed E-state index contributed by atoms with van der Waals surface area (Å²) in [5, 5.41) is 0. The molecule has 0 aliphatic heterocycles. The van der Waals surface area contributed by atoms with E-state index in [0.29, 0.717) is 17.6 Å². The molecular weight excluding hydrogens is 361 g/mol. The maximum Gasteiger partial charge on any atom is 0.261 e. The highest BCUT2D eigenvalue weighted by Crippen LogP contribution is 2.21. The Morgan fingerprint density at radius 2 is 2.00 bits per heavy atom. The summed E-state index contributed by atoms with van der Waals surface area (Å²) in [4.78, 5) is -1.12. The van der Waals surface area contributed by atoms with Crippen molar-refractivity contribution < 1.29 is 21.2 Å². The minimum absolute atomic E-state index is 0.121. The largest absolute Gasteiger partial charge is 0.261 e. The molecule has 1 rings (SSSR count). The molecule has 0 aromatic heterocycles. The van der Waals surface area contributed by atoms with Crippen LogP contribution in [-0.2, 0) is 19.1 Å². The molecule has 0 unspecified atom stereocenters. The van der Waals surface area contributed by atoms with E-state index in [4.69, 9.17) is 10.7 Å². The monoisotopic (exact) mass is 373 g/mol. The van der Waals surface area contributed by atoms with Crippen molar-refractivity contribution in [3.63, 3.8) is 0 Å². The number of halogens is 2. The van der Waals surface area contributed by atoms with E-state index in [1.807, 2.05) is 0 Å². The van der Waals surface area contributed by atoms with Gasteiger partial charge < -0.3 is 0 Å². The molecule has 0 saturated heterocycles. The van der Waals surface area contributed by atoms with Crippen LogP contribution in [0.15, 0.2) is 40.6 Å². The van der Waals surface area contributed by atoms with Gasteiger partial charge in [0.2, 0.25) is 10.0 Å². The maximum absolute atomic E-state index is 13.7. The van der Waals surface area contributed by atoms with Crippen molar-refractivity contribution in [3.05, 3.63) is 36.7 Å². The molecule has 1 aromatic rings. The molecule has 5 nitrogen and oxygen atoms in total. The zero-order chi connectivity index (χ0) is 16.1. The molecule has 1 aromatic carbocycles. The number of benzene rings is 1. The fourth-order valence-electron chi connectivity index (χ4n) is 1.34. The highest BCUT2D eigenvalue weighted by molar-refractivity contribution is 8.13. The predicted molar refractivity (Wildman–Crippen MR) is 82.1 cm³/mol. The van der Waals surface area contributed by atoms with Crippen LogP contribution in [0, 0.1) is 5.82 Å². The first-order valence-corrected chi connectivity index (χ1v) is 10.6. The average molecular weight is 374 g/mol. The Labute approximate surface area is 132 Å². The first kappa shape index (κ1) is 18.4. The molecule has 0 amide bonds. The Morgan fingerprint density at radius 3 is 2.52 bits per heavy atom. The molecule has 0 fully saturated rings. The standard InChI is InChI=1S/C11H13ClFNO4S3/c1-2-6-19-7-5-14-21(17,18)11-4-3-9(8-10(11)13)20(12,15)16/h2-4,8,14H,1,5-7H2. The van der Waals surface area contributed by atoms with E-state index >= 15 is 0 Å². The van der Waals surface area contributed by atoms with E-state index in [2.05, 4.69) is 11.3 Å². The second-order valence-electron chi connectivity index (χ2n) is 3.79. The molecule has 1 N–H and O–H groups in total. The summed E-state index contributed by atoms with van der Waals surface area (Å²) in [5.41, 5.74) is 0. The first-order chi connectivity index (χ1) is 9.68. The molecule has 0 bridgehead atoms. The fraction of sp³-hybridized carbons (Fsp3) is 0.273. The highest BCUT2D eigenvalue weighted by atomic mass is 35.7. The molecule has 21 heavy (non-hydrogen) atoms. The van der Waals surface area contributed by atoms with Gasteiger partial charge in [-0.15, -0.1) is 6.58 Å². The van der Waals surface area contributed by atoms with Gasteiger partial charge >= 0.3 is 0 Å². The smallest absolute Gasteiger partial charge is 0.210 e. The Hall–Kier alpha value is -0.610. The van der Waals surface area contributed by atoms with Crippen LogP contribution < -0.4 is 4.72 Å². The third kappa shape index (κ3) is 5.59. The zero-order valence-corrected chi connectivity index (χ0v) is 14.0. The summed E-state index contributed by atoms with van der Waals surface area (Å²) in [6.45, 7) is 3.65. The van der Waals surface area contributed by atoms with Gasteiger partial charge in [-0.3, -0.25) is 0 Å². The second-order valence-corrected chi connectivity index (χ2v) is 9.24. The first-order valence-electron chi connectivity index (χ1n) is 5.61. The lowest BCUT2D eigenvalue weighted by atomic mass is 10.3. The van der Waals surface area contributed by atoms with E-state index < -0.39 is 34.7 Å². The van der Waals surface area contributed by atoms with E-state index in [-0.39, 0.29) is 6.54 Å². The van der Waals surface area contributed by atoms with Crippen molar-refractivity contribution in [2.24, 2.45) is 0 Å². The molecule has 0 aliphatic rings. The third-order valence-electron chi connectivity index (χ3n) is 2.25. The van der Waals surface area contributed by atoms with Crippen LogP contribution in [0.3, 0.4) is 0 Å². The van der Waals surface area contributed by atoms with Gasteiger partial charge in [-0.1, -0.05) is 6.08 Å². The van der Waals surface area contributed by atoms with Crippen LogP contribution in [-0.4, -0.2) is 34.9 Å². The van der Waals surface area contributed by atoms with Gasteiger partial charge in [-0.2, -0.15) is 11.8 Å².